The van der Waals surface area contributed by atoms with E-state index in [0.717, 1.165) is 19.3 Å². The van der Waals surface area contributed by atoms with Crippen LogP contribution in [0.15, 0.2) is 53.4 Å². The van der Waals surface area contributed by atoms with Crippen molar-refractivity contribution in [2.75, 3.05) is 11.9 Å². The molecule has 3 rings (SSSR count). The van der Waals surface area contributed by atoms with E-state index in [0.29, 0.717) is 17.8 Å². The number of anilines is 1. The number of nitrogens with zero attached hydrogens (tertiary/aromatic N) is 1. The molecule has 0 saturated carbocycles. The van der Waals surface area contributed by atoms with E-state index in [-0.39, 0.29) is 22.3 Å². The molecule has 1 aliphatic heterocycles. The number of benzene rings is 2. The molecular weight excluding hydrogens is 376 g/mol. The number of sulfonamides is 1. The van der Waals surface area contributed by atoms with Gasteiger partial charge in [0.1, 0.15) is 0 Å². The van der Waals surface area contributed by atoms with E-state index >= 15 is 0 Å². The molecule has 2 aromatic carbocycles. The Morgan fingerprint density at radius 1 is 1.07 bits per heavy atom. The maximum atomic E-state index is 13.0. The highest BCUT2D eigenvalue weighted by Crippen LogP contribution is 2.26. The van der Waals surface area contributed by atoms with E-state index < -0.39 is 15.9 Å². The summed E-state index contributed by atoms with van der Waals surface area (Å²) in [6.07, 6.45) is 2.69. The zero-order chi connectivity index (χ0) is 20.3. The van der Waals surface area contributed by atoms with Crippen LogP contribution in [0.4, 0.5) is 5.69 Å². The third-order valence-corrected chi connectivity index (χ3v) is 7.01. The molecule has 1 heterocycles. The number of hydrogen-bond donors (Lipinski definition) is 1. The Morgan fingerprint density at radius 3 is 2.54 bits per heavy atom. The van der Waals surface area contributed by atoms with Crippen LogP contribution in [0.5, 0.6) is 0 Å². The van der Waals surface area contributed by atoms with E-state index in [9.17, 15) is 18.0 Å². The number of hydrogen-bond acceptors (Lipinski definition) is 4. The third-order valence-electron chi connectivity index (χ3n) is 5.00. The summed E-state index contributed by atoms with van der Waals surface area (Å²) in [4.78, 5) is 24.5. The number of para-hydroxylation sites is 1. The molecule has 1 saturated heterocycles. The smallest absolute Gasteiger partial charge is 0.255 e. The standard InChI is InChI=1S/C21H24N2O4S/c1-15-8-5-6-13-23(15)28(26,27)18-10-7-9-17(14-18)21(25)22-20-12-4-3-11-19(20)16(2)24/h3-4,7,9-12,14-15H,5-6,8,13H2,1-2H3,(H,22,25). The Labute approximate surface area is 165 Å². The zero-order valence-corrected chi connectivity index (χ0v) is 16.8. The van der Waals surface area contributed by atoms with Crippen molar-refractivity contribution in [2.24, 2.45) is 0 Å². The lowest BCUT2D eigenvalue weighted by atomic mass is 10.1. The maximum Gasteiger partial charge on any atom is 0.255 e. The molecule has 0 spiro atoms. The number of piperidine rings is 1. The van der Waals surface area contributed by atoms with Crippen LogP contribution in [0.3, 0.4) is 0 Å². The van der Waals surface area contributed by atoms with Crippen molar-refractivity contribution in [3.63, 3.8) is 0 Å². The first kappa shape index (κ1) is 20.2. The molecule has 0 radical (unpaired) electrons. The molecule has 0 aliphatic carbocycles. The maximum absolute atomic E-state index is 13.0. The Hall–Kier alpha value is -2.51. The van der Waals surface area contributed by atoms with Crippen LogP contribution in [0.1, 0.15) is 53.8 Å². The SMILES string of the molecule is CC(=O)c1ccccc1NC(=O)c1cccc(S(=O)(=O)N2CCCCC2C)c1. The predicted molar refractivity (Wildman–Crippen MR) is 108 cm³/mol. The number of carbonyl (C=O) groups is 2. The highest BCUT2D eigenvalue weighted by Gasteiger charge is 2.31. The Bertz CT molecular complexity index is 1000. The van der Waals surface area contributed by atoms with Gasteiger partial charge in [0, 0.05) is 23.7 Å². The molecular formula is C21H24N2O4S. The van der Waals surface area contributed by atoms with Gasteiger partial charge >= 0.3 is 0 Å². The summed E-state index contributed by atoms with van der Waals surface area (Å²) >= 11 is 0. The van der Waals surface area contributed by atoms with Crippen molar-refractivity contribution in [3.05, 3.63) is 59.7 Å². The van der Waals surface area contributed by atoms with Crippen LogP contribution in [-0.2, 0) is 10.0 Å². The van der Waals surface area contributed by atoms with E-state index in [1.54, 1.807) is 36.4 Å². The molecule has 1 aliphatic rings. The quantitative estimate of drug-likeness (QED) is 0.776. The number of carbonyl (C=O) groups excluding carboxylic acids is 2. The molecule has 148 valence electrons. The monoisotopic (exact) mass is 400 g/mol. The van der Waals surface area contributed by atoms with Crippen LogP contribution < -0.4 is 5.32 Å². The van der Waals surface area contributed by atoms with Gasteiger partial charge in [0.2, 0.25) is 10.0 Å². The summed E-state index contributed by atoms with van der Waals surface area (Å²) in [5.41, 5.74) is 1.03. The van der Waals surface area contributed by atoms with E-state index in [1.807, 2.05) is 6.92 Å². The Kier molecular flexibility index (Phi) is 5.96. The summed E-state index contributed by atoms with van der Waals surface area (Å²) in [6, 6.07) is 12.7. The molecule has 1 unspecified atom stereocenters. The molecule has 6 nitrogen and oxygen atoms in total. The van der Waals surface area contributed by atoms with Gasteiger partial charge in [0.05, 0.1) is 10.6 Å². The van der Waals surface area contributed by atoms with Crippen LogP contribution in [0, 0.1) is 0 Å². The zero-order valence-electron chi connectivity index (χ0n) is 16.0. The summed E-state index contributed by atoms with van der Waals surface area (Å²) < 4.78 is 27.6. The first-order chi connectivity index (χ1) is 13.3. The minimum Gasteiger partial charge on any atom is -0.321 e. The average Bonchev–Trinajstić information content (AvgIpc) is 2.68. The van der Waals surface area contributed by atoms with Crippen LogP contribution >= 0.6 is 0 Å². The van der Waals surface area contributed by atoms with Crippen molar-refractivity contribution >= 4 is 27.4 Å². The van der Waals surface area contributed by atoms with Gasteiger partial charge < -0.3 is 5.32 Å². The van der Waals surface area contributed by atoms with Crippen molar-refractivity contribution in [3.8, 4) is 0 Å². The number of nitrogens with one attached hydrogen (secondary N) is 1. The number of amides is 1. The minimum atomic E-state index is -3.66. The summed E-state index contributed by atoms with van der Waals surface area (Å²) in [5, 5.41) is 2.71. The second-order valence-electron chi connectivity index (χ2n) is 7.04. The van der Waals surface area contributed by atoms with Crippen LogP contribution in [0.25, 0.3) is 0 Å². The average molecular weight is 401 g/mol. The number of rotatable bonds is 5. The van der Waals surface area contributed by atoms with Gasteiger partial charge in [0.15, 0.2) is 5.78 Å². The molecule has 2 aromatic rings. The minimum absolute atomic E-state index is 0.0568. The second-order valence-corrected chi connectivity index (χ2v) is 8.93. The van der Waals surface area contributed by atoms with Gasteiger partial charge in [-0.2, -0.15) is 4.31 Å². The molecule has 1 atom stereocenters. The molecule has 28 heavy (non-hydrogen) atoms. The lowest BCUT2D eigenvalue weighted by Gasteiger charge is -2.32. The first-order valence-corrected chi connectivity index (χ1v) is 10.8. The summed E-state index contributed by atoms with van der Waals surface area (Å²) in [7, 11) is -3.66. The van der Waals surface area contributed by atoms with Crippen molar-refractivity contribution in [1.29, 1.82) is 0 Å². The first-order valence-electron chi connectivity index (χ1n) is 9.34. The topological polar surface area (TPSA) is 83.5 Å². The molecule has 7 heteroatoms. The molecule has 1 N–H and O–H groups in total. The largest absolute Gasteiger partial charge is 0.321 e. The molecule has 1 fully saturated rings. The van der Waals surface area contributed by atoms with E-state index in [1.165, 1.54) is 23.4 Å². The molecule has 0 aromatic heterocycles. The van der Waals surface area contributed by atoms with Crippen molar-refractivity contribution in [2.45, 2.75) is 44.0 Å². The van der Waals surface area contributed by atoms with Gasteiger partial charge in [-0.15, -0.1) is 0 Å². The van der Waals surface area contributed by atoms with Gasteiger partial charge in [0.25, 0.3) is 5.91 Å². The summed E-state index contributed by atoms with van der Waals surface area (Å²) in [6.45, 7) is 3.83. The van der Waals surface area contributed by atoms with Crippen molar-refractivity contribution < 1.29 is 18.0 Å². The Morgan fingerprint density at radius 2 is 1.82 bits per heavy atom. The predicted octanol–water partition coefficient (Wildman–Crippen LogP) is 3.70. The molecule has 1 amide bonds. The lowest BCUT2D eigenvalue weighted by Crippen LogP contribution is -2.41. The highest BCUT2D eigenvalue weighted by atomic mass is 32.2. The molecule has 0 bridgehead atoms. The fourth-order valence-electron chi connectivity index (χ4n) is 3.46. The third kappa shape index (κ3) is 4.15. The van der Waals surface area contributed by atoms with Gasteiger partial charge in [-0.25, -0.2) is 8.42 Å². The van der Waals surface area contributed by atoms with Gasteiger partial charge in [-0.05, 0) is 57.0 Å². The normalized spacial score (nSPS) is 17.9. The van der Waals surface area contributed by atoms with Crippen molar-refractivity contribution in [1.82, 2.24) is 4.31 Å². The fourth-order valence-corrected chi connectivity index (χ4v) is 5.20. The number of Topliss-reactive ketones (excluding diaryl/α,β-unsaturated/α-hetero) is 1. The number of ketones is 1. The fraction of sp³-hybridized carbons (Fsp3) is 0.333. The Balaban J connectivity index is 1.87. The summed E-state index contributed by atoms with van der Waals surface area (Å²) in [5.74, 6) is -0.622. The van der Waals surface area contributed by atoms with Gasteiger partial charge in [-0.3, -0.25) is 9.59 Å². The highest BCUT2D eigenvalue weighted by molar-refractivity contribution is 7.89. The van der Waals surface area contributed by atoms with Crippen LogP contribution in [0.2, 0.25) is 0 Å². The van der Waals surface area contributed by atoms with Crippen LogP contribution in [-0.4, -0.2) is 37.0 Å². The van der Waals surface area contributed by atoms with Gasteiger partial charge in [-0.1, -0.05) is 24.6 Å². The lowest BCUT2D eigenvalue weighted by molar-refractivity contribution is 0.101. The second kappa shape index (κ2) is 8.24. The van der Waals surface area contributed by atoms with E-state index in [4.69, 9.17) is 0 Å². The van der Waals surface area contributed by atoms with E-state index in [2.05, 4.69) is 5.32 Å².